The van der Waals surface area contributed by atoms with E-state index < -0.39 is 0 Å². The fraction of sp³-hybridized carbons (Fsp3) is 0.238. The lowest BCUT2D eigenvalue weighted by Crippen LogP contribution is -2.17. The van der Waals surface area contributed by atoms with Crippen LogP contribution in [0.15, 0.2) is 66.0 Å². The Hall–Kier alpha value is -2.10. The SMILES string of the molecule is Cc1ccsc1CNC(C)c1ccc(OCc2ccccc2)cc1. The topological polar surface area (TPSA) is 21.3 Å². The quantitative estimate of drug-likeness (QED) is 0.616. The van der Waals surface area contributed by atoms with Crippen LogP contribution in [0, 0.1) is 6.92 Å². The first-order valence-corrected chi connectivity index (χ1v) is 9.13. The second-order valence-electron chi connectivity index (χ2n) is 5.97. The molecule has 0 saturated heterocycles. The van der Waals surface area contributed by atoms with Crippen molar-refractivity contribution in [2.75, 3.05) is 0 Å². The van der Waals surface area contributed by atoms with Crippen LogP contribution in [0.25, 0.3) is 0 Å². The number of ether oxygens (including phenoxy) is 1. The lowest BCUT2D eigenvalue weighted by molar-refractivity contribution is 0.306. The molecule has 0 fully saturated rings. The molecule has 1 aromatic heterocycles. The molecule has 0 spiro atoms. The van der Waals surface area contributed by atoms with Gasteiger partial charge in [-0.3, -0.25) is 0 Å². The second-order valence-corrected chi connectivity index (χ2v) is 6.97. The molecular weight excluding hydrogens is 314 g/mol. The smallest absolute Gasteiger partial charge is 0.119 e. The number of thiophene rings is 1. The number of hydrogen-bond acceptors (Lipinski definition) is 3. The third-order valence-corrected chi connectivity index (χ3v) is 5.19. The van der Waals surface area contributed by atoms with Gasteiger partial charge in [-0.15, -0.1) is 11.3 Å². The van der Waals surface area contributed by atoms with Crippen LogP contribution in [0.4, 0.5) is 0 Å². The van der Waals surface area contributed by atoms with Crippen LogP contribution in [-0.2, 0) is 13.2 Å². The molecule has 24 heavy (non-hydrogen) atoms. The summed E-state index contributed by atoms with van der Waals surface area (Å²) in [6.07, 6.45) is 0. The summed E-state index contributed by atoms with van der Waals surface area (Å²) < 4.78 is 5.84. The predicted octanol–water partition coefficient (Wildman–Crippen LogP) is 5.49. The summed E-state index contributed by atoms with van der Waals surface area (Å²) in [4.78, 5) is 1.41. The van der Waals surface area contributed by atoms with Gasteiger partial charge in [0.05, 0.1) is 0 Å². The Kier molecular flexibility index (Phi) is 5.68. The maximum Gasteiger partial charge on any atom is 0.119 e. The van der Waals surface area contributed by atoms with Crippen LogP contribution >= 0.6 is 11.3 Å². The Labute approximate surface area is 148 Å². The molecule has 0 bridgehead atoms. The minimum Gasteiger partial charge on any atom is -0.489 e. The van der Waals surface area contributed by atoms with Gasteiger partial charge in [0.1, 0.15) is 12.4 Å². The average molecular weight is 337 g/mol. The maximum atomic E-state index is 5.84. The molecule has 1 N–H and O–H groups in total. The second kappa shape index (κ2) is 8.13. The number of nitrogens with one attached hydrogen (secondary N) is 1. The van der Waals surface area contributed by atoms with E-state index in [0.29, 0.717) is 12.6 Å². The van der Waals surface area contributed by atoms with Crippen LogP contribution in [0.5, 0.6) is 5.75 Å². The summed E-state index contributed by atoms with van der Waals surface area (Å²) in [7, 11) is 0. The molecule has 0 aliphatic heterocycles. The molecule has 124 valence electrons. The minimum atomic E-state index is 0.315. The van der Waals surface area contributed by atoms with Gasteiger partial charge in [0.15, 0.2) is 0 Å². The third-order valence-electron chi connectivity index (χ3n) is 4.17. The van der Waals surface area contributed by atoms with E-state index in [1.165, 1.54) is 21.6 Å². The van der Waals surface area contributed by atoms with Crippen molar-refractivity contribution >= 4 is 11.3 Å². The molecule has 2 aromatic carbocycles. The van der Waals surface area contributed by atoms with E-state index >= 15 is 0 Å². The summed E-state index contributed by atoms with van der Waals surface area (Å²) >= 11 is 1.81. The first kappa shape index (κ1) is 16.7. The molecule has 2 nitrogen and oxygen atoms in total. The molecule has 0 amide bonds. The summed E-state index contributed by atoms with van der Waals surface area (Å²) in [5.74, 6) is 0.906. The highest BCUT2D eigenvalue weighted by Gasteiger charge is 2.07. The fourth-order valence-electron chi connectivity index (χ4n) is 2.54. The van der Waals surface area contributed by atoms with E-state index in [0.717, 1.165) is 12.3 Å². The highest BCUT2D eigenvalue weighted by Crippen LogP contribution is 2.21. The van der Waals surface area contributed by atoms with Crippen LogP contribution in [0.3, 0.4) is 0 Å². The summed E-state index contributed by atoms with van der Waals surface area (Å²) in [6, 6.07) is 21.1. The van der Waals surface area contributed by atoms with Crippen molar-refractivity contribution in [3.05, 3.63) is 87.6 Å². The predicted molar refractivity (Wildman–Crippen MR) is 102 cm³/mol. The highest BCUT2D eigenvalue weighted by atomic mass is 32.1. The average Bonchev–Trinajstić information content (AvgIpc) is 3.04. The first-order valence-electron chi connectivity index (χ1n) is 8.25. The molecular formula is C21H23NOS. The fourth-order valence-corrected chi connectivity index (χ4v) is 3.40. The minimum absolute atomic E-state index is 0.315. The Bertz CT molecular complexity index is 749. The Morgan fingerprint density at radius 3 is 2.42 bits per heavy atom. The Morgan fingerprint density at radius 2 is 1.75 bits per heavy atom. The Balaban J connectivity index is 1.52. The van der Waals surface area contributed by atoms with Gasteiger partial charge in [-0.1, -0.05) is 42.5 Å². The molecule has 1 atom stereocenters. The number of aryl methyl sites for hydroxylation is 1. The van der Waals surface area contributed by atoms with Crippen LogP contribution in [0.2, 0.25) is 0 Å². The monoisotopic (exact) mass is 337 g/mol. The summed E-state index contributed by atoms with van der Waals surface area (Å²) in [5, 5.41) is 5.74. The molecule has 0 aliphatic carbocycles. The number of benzene rings is 2. The van der Waals surface area contributed by atoms with Gasteiger partial charge in [-0.05, 0) is 54.1 Å². The normalized spacial score (nSPS) is 12.1. The molecule has 1 heterocycles. The van der Waals surface area contributed by atoms with Crippen molar-refractivity contribution in [3.63, 3.8) is 0 Å². The number of hydrogen-bond donors (Lipinski definition) is 1. The van der Waals surface area contributed by atoms with Crippen molar-refractivity contribution in [1.82, 2.24) is 5.32 Å². The van der Waals surface area contributed by atoms with Gasteiger partial charge < -0.3 is 10.1 Å². The zero-order chi connectivity index (χ0) is 16.8. The largest absolute Gasteiger partial charge is 0.489 e. The van der Waals surface area contributed by atoms with Crippen molar-refractivity contribution in [1.29, 1.82) is 0 Å². The molecule has 3 rings (SSSR count). The van der Waals surface area contributed by atoms with Gasteiger partial charge in [0.2, 0.25) is 0 Å². The molecule has 0 radical (unpaired) electrons. The summed E-state index contributed by atoms with van der Waals surface area (Å²) in [5.41, 5.74) is 3.82. The zero-order valence-corrected chi connectivity index (χ0v) is 15.0. The highest BCUT2D eigenvalue weighted by molar-refractivity contribution is 7.10. The van der Waals surface area contributed by atoms with E-state index in [-0.39, 0.29) is 0 Å². The zero-order valence-electron chi connectivity index (χ0n) is 14.2. The number of rotatable bonds is 7. The molecule has 3 aromatic rings. The molecule has 0 aliphatic rings. The lowest BCUT2D eigenvalue weighted by atomic mass is 10.1. The Morgan fingerprint density at radius 1 is 1.00 bits per heavy atom. The van der Waals surface area contributed by atoms with Gasteiger partial charge in [0, 0.05) is 17.5 Å². The van der Waals surface area contributed by atoms with E-state index in [1.807, 2.05) is 41.7 Å². The van der Waals surface area contributed by atoms with Crippen molar-refractivity contribution in [2.24, 2.45) is 0 Å². The van der Waals surface area contributed by atoms with Crippen LogP contribution in [0.1, 0.15) is 34.5 Å². The molecule has 1 unspecified atom stereocenters. The van der Waals surface area contributed by atoms with Crippen molar-refractivity contribution < 1.29 is 4.74 Å². The lowest BCUT2D eigenvalue weighted by Gasteiger charge is -2.15. The van der Waals surface area contributed by atoms with Crippen molar-refractivity contribution in [3.8, 4) is 5.75 Å². The van der Waals surface area contributed by atoms with E-state index in [4.69, 9.17) is 4.74 Å². The van der Waals surface area contributed by atoms with E-state index in [9.17, 15) is 0 Å². The third kappa shape index (κ3) is 4.47. The van der Waals surface area contributed by atoms with Gasteiger partial charge in [-0.25, -0.2) is 0 Å². The molecule has 3 heteroatoms. The maximum absolute atomic E-state index is 5.84. The molecule has 0 saturated carbocycles. The van der Waals surface area contributed by atoms with Gasteiger partial charge >= 0.3 is 0 Å². The van der Waals surface area contributed by atoms with Crippen molar-refractivity contribution in [2.45, 2.75) is 33.0 Å². The standard InChI is InChI=1S/C21H23NOS/c1-16-12-13-24-21(16)14-22-17(2)19-8-10-20(11-9-19)23-15-18-6-4-3-5-7-18/h3-13,17,22H,14-15H2,1-2H3. The van der Waals surface area contributed by atoms with Gasteiger partial charge in [-0.2, -0.15) is 0 Å². The van der Waals surface area contributed by atoms with Crippen LogP contribution < -0.4 is 10.1 Å². The van der Waals surface area contributed by atoms with Crippen LogP contribution in [-0.4, -0.2) is 0 Å². The van der Waals surface area contributed by atoms with Gasteiger partial charge in [0.25, 0.3) is 0 Å². The summed E-state index contributed by atoms with van der Waals surface area (Å²) in [6.45, 7) is 5.88. The first-order chi connectivity index (χ1) is 11.7. The van der Waals surface area contributed by atoms with E-state index in [2.05, 4.69) is 54.9 Å². The van der Waals surface area contributed by atoms with E-state index in [1.54, 1.807) is 0 Å².